The summed E-state index contributed by atoms with van der Waals surface area (Å²) in [6.07, 6.45) is 2.25. The third kappa shape index (κ3) is 1.97. The number of benzene rings is 2. The highest BCUT2D eigenvalue weighted by Gasteiger charge is 2.21. The molecule has 0 amide bonds. The first-order valence-electron chi connectivity index (χ1n) is 6.23. The van der Waals surface area contributed by atoms with Crippen LogP contribution in [-0.2, 0) is 0 Å². The number of nitrogens with zero attached hydrogens (tertiary/aromatic N) is 1. The predicted molar refractivity (Wildman–Crippen MR) is 75.9 cm³/mol. The highest BCUT2D eigenvalue weighted by molar-refractivity contribution is 5.70. The topological polar surface area (TPSA) is 15.3 Å². The Bertz CT molecular complexity index is 546. The first kappa shape index (κ1) is 10.9. The summed E-state index contributed by atoms with van der Waals surface area (Å²) >= 11 is 0. The molecule has 0 aliphatic carbocycles. The van der Waals surface area contributed by atoms with Crippen LogP contribution in [0.3, 0.4) is 0 Å². The molecule has 1 heterocycles. The Morgan fingerprint density at radius 1 is 0.889 bits per heavy atom. The van der Waals surface area contributed by atoms with E-state index in [1.807, 2.05) is 12.1 Å². The molecule has 0 radical (unpaired) electrons. The van der Waals surface area contributed by atoms with Crippen LogP contribution in [0.1, 0.15) is 12.5 Å². The van der Waals surface area contributed by atoms with Gasteiger partial charge in [0.1, 0.15) is 0 Å². The molecule has 1 unspecified atom stereocenters. The number of hydrazine groups is 1. The molecule has 2 nitrogen and oxygen atoms in total. The molecular weight excluding hydrogens is 220 g/mol. The van der Waals surface area contributed by atoms with Crippen LogP contribution in [0.15, 0.2) is 66.7 Å². The Kier molecular flexibility index (Phi) is 2.77. The fraction of sp³-hybridized carbons (Fsp3) is 0.125. The molecule has 0 saturated heterocycles. The average Bonchev–Trinajstić information content (AvgIpc) is 2.83. The molecule has 0 fully saturated rings. The summed E-state index contributed by atoms with van der Waals surface area (Å²) in [4.78, 5) is 0. The molecule has 1 aliphatic rings. The van der Waals surface area contributed by atoms with Crippen LogP contribution in [0.25, 0.3) is 5.70 Å². The van der Waals surface area contributed by atoms with Gasteiger partial charge in [0, 0.05) is 0 Å². The van der Waals surface area contributed by atoms with Crippen molar-refractivity contribution in [3.8, 4) is 0 Å². The molecule has 2 aromatic rings. The molecule has 90 valence electrons. The van der Waals surface area contributed by atoms with Crippen molar-refractivity contribution in [2.45, 2.75) is 13.0 Å². The van der Waals surface area contributed by atoms with E-state index in [4.69, 9.17) is 0 Å². The van der Waals surface area contributed by atoms with E-state index in [0.29, 0.717) is 6.04 Å². The van der Waals surface area contributed by atoms with Crippen molar-refractivity contribution in [1.82, 2.24) is 5.43 Å². The van der Waals surface area contributed by atoms with E-state index >= 15 is 0 Å². The number of anilines is 1. The van der Waals surface area contributed by atoms with Crippen molar-refractivity contribution in [2.75, 3.05) is 5.01 Å². The van der Waals surface area contributed by atoms with Crippen LogP contribution in [0.2, 0.25) is 0 Å². The van der Waals surface area contributed by atoms with Crippen LogP contribution in [0.5, 0.6) is 0 Å². The molecule has 18 heavy (non-hydrogen) atoms. The lowest BCUT2D eigenvalue weighted by Crippen LogP contribution is -2.36. The quantitative estimate of drug-likeness (QED) is 0.859. The van der Waals surface area contributed by atoms with Crippen LogP contribution in [-0.4, -0.2) is 6.04 Å². The minimum atomic E-state index is 0.350. The zero-order valence-corrected chi connectivity index (χ0v) is 10.4. The molecule has 1 atom stereocenters. The Morgan fingerprint density at radius 2 is 1.50 bits per heavy atom. The van der Waals surface area contributed by atoms with E-state index in [9.17, 15) is 0 Å². The van der Waals surface area contributed by atoms with Gasteiger partial charge in [-0.3, -0.25) is 10.4 Å². The standard InChI is InChI=1S/C16H16N2/c1-13-12-16(14-8-4-2-5-9-14)17-18(13)15-10-6-3-7-11-15/h2-13,17H,1H3. The van der Waals surface area contributed by atoms with E-state index in [1.54, 1.807) is 0 Å². The largest absolute Gasteiger partial charge is 0.297 e. The summed E-state index contributed by atoms with van der Waals surface area (Å²) in [5.74, 6) is 0. The van der Waals surface area contributed by atoms with Crippen molar-refractivity contribution in [3.05, 3.63) is 72.3 Å². The average molecular weight is 236 g/mol. The number of rotatable bonds is 2. The molecule has 1 aliphatic heterocycles. The van der Waals surface area contributed by atoms with Gasteiger partial charge in [-0.1, -0.05) is 48.5 Å². The first-order valence-corrected chi connectivity index (χ1v) is 6.23. The molecular formula is C16H16N2. The van der Waals surface area contributed by atoms with E-state index in [2.05, 4.69) is 72.0 Å². The number of hydrogen-bond donors (Lipinski definition) is 1. The van der Waals surface area contributed by atoms with Crippen LogP contribution >= 0.6 is 0 Å². The number of nitrogens with one attached hydrogen (secondary N) is 1. The summed E-state index contributed by atoms with van der Waals surface area (Å²) in [5, 5.41) is 2.18. The molecule has 0 saturated carbocycles. The summed E-state index contributed by atoms with van der Waals surface area (Å²) in [6.45, 7) is 2.19. The van der Waals surface area contributed by atoms with Gasteiger partial charge in [-0.15, -0.1) is 0 Å². The lowest BCUT2D eigenvalue weighted by atomic mass is 10.1. The molecule has 0 spiro atoms. The van der Waals surface area contributed by atoms with Crippen molar-refractivity contribution in [1.29, 1.82) is 0 Å². The van der Waals surface area contributed by atoms with Gasteiger partial charge in [0.05, 0.1) is 17.4 Å². The SMILES string of the molecule is CC1C=C(c2ccccc2)NN1c1ccccc1. The lowest BCUT2D eigenvalue weighted by molar-refractivity contribution is 0.734. The third-order valence-electron chi connectivity index (χ3n) is 3.18. The number of hydrogen-bond acceptors (Lipinski definition) is 2. The highest BCUT2D eigenvalue weighted by atomic mass is 15.5. The maximum absolute atomic E-state index is 3.47. The monoisotopic (exact) mass is 236 g/mol. The summed E-state index contributed by atoms with van der Waals surface area (Å²) < 4.78 is 0. The van der Waals surface area contributed by atoms with Crippen LogP contribution in [0, 0.1) is 0 Å². The normalized spacial score (nSPS) is 18.4. The van der Waals surface area contributed by atoms with Gasteiger partial charge in [-0.2, -0.15) is 0 Å². The van der Waals surface area contributed by atoms with Gasteiger partial charge in [-0.05, 0) is 30.7 Å². The molecule has 1 N–H and O–H groups in total. The fourth-order valence-corrected chi connectivity index (χ4v) is 2.25. The molecule has 3 rings (SSSR count). The molecule has 0 bridgehead atoms. The van der Waals surface area contributed by atoms with E-state index in [0.717, 1.165) is 0 Å². The first-order chi connectivity index (χ1) is 8.84. The summed E-state index contributed by atoms with van der Waals surface area (Å²) in [5.41, 5.74) is 7.05. The minimum Gasteiger partial charge on any atom is -0.297 e. The number of para-hydroxylation sites is 1. The third-order valence-corrected chi connectivity index (χ3v) is 3.18. The molecule has 2 heteroatoms. The van der Waals surface area contributed by atoms with Crippen molar-refractivity contribution in [2.24, 2.45) is 0 Å². The van der Waals surface area contributed by atoms with Gasteiger partial charge in [0.25, 0.3) is 0 Å². The molecule has 0 aromatic heterocycles. The maximum Gasteiger partial charge on any atom is 0.0679 e. The maximum atomic E-state index is 3.47. The van der Waals surface area contributed by atoms with Crippen molar-refractivity contribution >= 4 is 11.4 Å². The lowest BCUT2D eigenvalue weighted by Gasteiger charge is -2.24. The zero-order chi connectivity index (χ0) is 12.4. The Hall–Kier alpha value is -2.22. The van der Waals surface area contributed by atoms with E-state index < -0.39 is 0 Å². The second kappa shape index (κ2) is 4.57. The fourth-order valence-electron chi connectivity index (χ4n) is 2.25. The summed E-state index contributed by atoms with van der Waals surface area (Å²) in [7, 11) is 0. The Morgan fingerprint density at radius 3 is 2.17 bits per heavy atom. The van der Waals surface area contributed by atoms with Gasteiger partial charge in [0.15, 0.2) is 0 Å². The van der Waals surface area contributed by atoms with Crippen molar-refractivity contribution in [3.63, 3.8) is 0 Å². The predicted octanol–water partition coefficient (Wildman–Crippen LogP) is 3.44. The van der Waals surface area contributed by atoms with E-state index in [1.165, 1.54) is 16.9 Å². The van der Waals surface area contributed by atoms with E-state index in [-0.39, 0.29) is 0 Å². The summed E-state index contributed by atoms with van der Waals surface area (Å²) in [6, 6.07) is 21.2. The van der Waals surface area contributed by atoms with Crippen molar-refractivity contribution < 1.29 is 0 Å². The molecule has 2 aromatic carbocycles. The second-order valence-electron chi connectivity index (χ2n) is 4.50. The Labute approximate surface area is 108 Å². The minimum absolute atomic E-state index is 0.350. The second-order valence-corrected chi connectivity index (χ2v) is 4.50. The van der Waals surface area contributed by atoms with Gasteiger partial charge >= 0.3 is 0 Å². The zero-order valence-electron chi connectivity index (χ0n) is 10.4. The van der Waals surface area contributed by atoms with Gasteiger partial charge < -0.3 is 0 Å². The smallest absolute Gasteiger partial charge is 0.0679 e. The van der Waals surface area contributed by atoms with Gasteiger partial charge in [0.2, 0.25) is 0 Å². The van der Waals surface area contributed by atoms with Crippen LogP contribution in [0.4, 0.5) is 5.69 Å². The highest BCUT2D eigenvalue weighted by Crippen LogP contribution is 2.25. The van der Waals surface area contributed by atoms with Gasteiger partial charge in [-0.25, -0.2) is 0 Å². The Balaban J connectivity index is 1.85. The van der Waals surface area contributed by atoms with Crippen LogP contribution < -0.4 is 10.4 Å².